The van der Waals surface area contributed by atoms with E-state index in [1.807, 2.05) is 6.92 Å². The van der Waals surface area contributed by atoms with Crippen LogP contribution >= 0.6 is 12.4 Å². The van der Waals surface area contributed by atoms with Crippen molar-refractivity contribution in [2.45, 2.75) is 31.8 Å². The SMILES string of the molecule is CC(c1cc(F)ccc1F)N1CCC2NCCC2C1.Cl. The Kier molecular flexibility index (Phi) is 4.99. The number of hydrogen-bond donors (Lipinski definition) is 1. The highest BCUT2D eigenvalue weighted by Gasteiger charge is 2.34. The first-order valence-electron chi connectivity index (χ1n) is 7.07. The van der Waals surface area contributed by atoms with E-state index in [4.69, 9.17) is 0 Å². The zero-order chi connectivity index (χ0) is 13.4. The van der Waals surface area contributed by atoms with Crippen molar-refractivity contribution in [3.05, 3.63) is 35.4 Å². The maximum Gasteiger partial charge on any atom is 0.128 e. The molecule has 1 aromatic carbocycles. The zero-order valence-corrected chi connectivity index (χ0v) is 12.4. The van der Waals surface area contributed by atoms with Crippen LogP contribution < -0.4 is 5.32 Å². The summed E-state index contributed by atoms with van der Waals surface area (Å²) in [5, 5.41) is 3.52. The lowest BCUT2D eigenvalue weighted by atomic mass is 9.91. The molecule has 1 N–H and O–H groups in total. The van der Waals surface area contributed by atoms with Gasteiger partial charge in [0.25, 0.3) is 0 Å². The van der Waals surface area contributed by atoms with Crippen LogP contribution in [0.25, 0.3) is 0 Å². The average Bonchev–Trinajstić information content (AvgIpc) is 2.88. The van der Waals surface area contributed by atoms with Crippen LogP contribution in [0.15, 0.2) is 18.2 Å². The Morgan fingerprint density at radius 1 is 1.30 bits per heavy atom. The van der Waals surface area contributed by atoms with Gasteiger partial charge in [-0.05, 0) is 50.4 Å². The highest BCUT2D eigenvalue weighted by molar-refractivity contribution is 5.85. The number of benzene rings is 1. The summed E-state index contributed by atoms with van der Waals surface area (Å²) in [5.74, 6) is -0.00550. The Hall–Kier alpha value is -0.710. The maximum absolute atomic E-state index is 13.8. The molecule has 1 aromatic rings. The van der Waals surface area contributed by atoms with E-state index in [2.05, 4.69) is 10.2 Å². The lowest BCUT2D eigenvalue weighted by Gasteiger charge is -2.38. The van der Waals surface area contributed by atoms with Gasteiger partial charge >= 0.3 is 0 Å². The van der Waals surface area contributed by atoms with Crippen molar-refractivity contribution in [3.8, 4) is 0 Å². The van der Waals surface area contributed by atoms with Crippen molar-refractivity contribution < 1.29 is 8.78 Å². The fraction of sp³-hybridized carbons (Fsp3) is 0.600. The molecule has 3 unspecified atom stereocenters. The number of nitrogens with one attached hydrogen (secondary N) is 1. The first kappa shape index (κ1) is 15.7. The molecule has 0 spiro atoms. The maximum atomic E-state index is 13.8. The van der Waals surface area contributed by atoms with Gasteiger partial charge in [-0.2, -0.15) is 0 Å². The van der Waals surface area contributed by atoms with E-state index in [1.54, 1.807) is 0 Å². The van der Waals surface area contributed by atoms with Gasteiger partial charge in [0.2, 0.25) is 0 Å². The smallest absolute Gasteiger partial charge is 0.128 e. The zero-order valence-electron chi connectivity index (χ0n) is 11.6. The van der Waals surface area contributed by atoms with Gasteiger partial charge in [0, 0.05) is 30.7 Å². The van der Waals surface area contributed by atoms with Crippen LogP contribution in [0.3, 0.4) is 0 Å². The van der Waals surface area contributed by atoms with E-state index in [9.17, 15) is 8.78 Å². The number of nitrogens with zero attached hydrogens (tertiary/aromatic N) is 1. The number of rotatable bonds is 2. The molecule has 5 heteroatoms. The summed E-state index contributed by atoms with van der Waals surface area (Å²) >= 11 is 0. The van der Waals surface area contributed by atoms with Crippen molar-refractivity contribution in [2.24, 2.45) is 5.92 Å². The topological polar surface area (TPSA) is 15.3 Å². The van der Waals surface area contributed by atoms with Gasteiger partial charge < -0.3 is 5.32 Å². The van der Waals surface area contributed by atoms with Crippen molar-refractivity contribution in [1.82, 2.24) is 10.2 Å². The van der Waals surface area contributed by atoms with Gasteiger partial charge in [0.1, 0.15) is 11.6 Å². The summed E-state index contributed by atoms with van der Waals surface area (Å²) in [4.78, 5) is 2.28. The summed E-state index contributed by atoms with van der Waals surface area (Å²) < 4.78 is 27.1. The molecule has 2 aliphatic rings. The Morgan fingerprint density at radius 3 is 2.90 bits per heavy atom. The molecule has 0 radical (unpaired) electrons. The predicted molar refractivity (Wildman–Crippen MR) is 78.1 cm³/mol. The molecule has 3 atom stereocenters. The summed E-state index contributed by atoms with van der Waals surface area (Å²) in [6, 6.07) is 4.31. The molecule has 2 heterocycles. The fourth-order valence-electron chi connectivity index (χ4n) is 3.46. The van der Waals surface area contributed by atoms with E-state index in [-0.39, 0.29) is 30.1 Å². The van der Waals surface area contributed by atoms with E-state index < -0.39 is 0 Å². The van der Waals surface area contributed by atoms with Gasteiger partial charge in [-0.15, -0.1) is 12.4 Å². The lowest BCUT2D eigenvalue weighted by molar-refractivity contribution is 0.120. The van der Waals surface area contributed by atoms with Crippen LogP contribution in [0.4, 0.5) is 8.78 Å². The van der Waals surface area contributed by atoms with E-state index >= 15 is 0 Å². The van der Waals surface area contributed by atoms with Crippen LogP contribution in [-0.2, 0) is 0 Å². The largest absolute Gasteiger partial charge is 0.314 e. The summed E-state index contributed by atoms with van der Waals surface area (Å²) in [6.07, 6.45) is 2.30. The molecule has 20 heavy (non-hydrogen) atoms. The van der Waals surface area contributed by atoms with Crippen LogP contribution in [0.1, 0.15) is 31.4 Å². The van der Waals surface area contributed by atoms with Gasteiger partial charge in [-0.3, -0.25) is 4.90 Å². The minimum atomic E-state index is -0.360. The normalized spacial score (nSPS) is 27.8. The average molecular weight is 303 g/mol. The van der Waals surface area contributed by atoms with Gasteiger partial charge in [0.05, 0.1) is 0 Å². The Bertz CT molecular complexity index is 469. The number of halogens is 3. The third-order valence-corrected chi connectivity index (χ3v) is 4.64. The first-order chi connectivity index (χ1) is 9.15. The Morgan fingerprint density at radius 2 is 2.10 bits per heavy atom. The van der Waals surface area contributed by atoms with Crippen molar-refractivity contribution in [3.63, 3.8) is 0 Å². The Balaban J connectivity index is 0.00000147. The second-order valence-corrected chi connectivity index (χ2v) is 5.73. The van der Waals surface area contributed by atoms with E-state index in [0.717, 1.165) is 26.1 Å². The monoisotopic (exact) mass is 302 g/mol. The molecule has 0 bridgehead atoms. The molecule has 0 amide bonds. The van der Waals surface area contributed by atoms with Crippen LogP contribution in [0.5, 0.6) is 0 Å². The van der Waals surface area contributed by atoms with Crippen LogP contribution in [0.2, 0.25) is 0 Å². The van der Waals surface area contributed by atoms with Crippen LogP contribution in [-0.4, -0.2) is 30.6 Å². The summed E-state index contributed by atoms with van der Waals surface area (Å²) in [7, 11) is 0. The molecule has 0 aromatic heterocycles. The lowest BCUT2D eigenvalue weighted by Crippen LogP contribution is -2.45. The van der Waals surface area contributed by atoms with E-state index in [1.165, 1.54) is 24.6 Å². The molecule has 2 aliphatic heterocycles. The quantitative estimate of drug-likeness (QED) is 0.903. The van der Waals surface area contributed by atoms with E-state index in [0.29, 0.717) is 17.5 Å². The van der Waals surface area contributed by atoms with Gasteiger partial charge in [-0.1, -0.05) is 0 Å². The Labute approximate surface area is 124 Å². The summed E-state index contributed by atoms with van der Waals surface area (Å²) in [6.45, 7) is 4.99. The fourth-order valence-corrected chi connectivity index (χ4v) is 3.46. The minimum absolute atomic E-state index is 0. The van der Waals surface area contributed by atoms with Gasteiger partial charge in [-0.25, -0.2) is 8.78 Å². The number of piperidine rings is 1. The highest BCUT2D eigenvalue weighted by Crippen LogP contribution is 2.31. The minimum Gasteiger partial charge on any atom is -0.314 e. The molecule has 0 saturated carbocycles. The third-order valence-electron chi connectivity index (χ3n) is 4.64. The second kappa shape index (κ2) is 6.37. The molecule has 112 valence electrons. The van der Waals surface area contributed by atoms with Crippen molar-refractivity contribution in [2.75, 3.05) is 19.6 Å². The third kappa shape index (κ3) is 2.97. The van der Waals surface area contributed by atoms with Crippen molar-refractivity contribution in [1.29, 1.82) is 0 Å². The molecule has 2 saturated heterocycles. The van der Waals surface area contributed by atoms with Crippen LogP contribution in [0, 0.1) is 17.6 Å². The molecule has 2 fully saturated rings. The number of fused-ring (bicyclic) bond motifs is 1. The molecule has 3 rings (SSSR count). The standard InChI is InChI=1S/C15H20F2N2.ClH/c1-10(13-8-12(16)2-3-14(13)17)19-7-5-15-11(9-19)4-6-18-15;/h2-3,8,10-11,15,18H,4-7,9H2,1H3;1H. The van der Waals surface area contributed by atoms with Crippen molar-refractivity contribution >= 4 is 12.4 Å². The predicted octanol–water partition coefficient (Wildman–Crippen LogP) is 3.13. The molecular weight excluding hydrogens is 282 g/mol. The van der Waals surface area contributed by atoms with Gasteiger partial charge in [0.15, 0.2) is 0 Å². The number of likely N-dealkylation sites (tertiary alicyclic amines) is 1. The molecular formula is C15H21ClF2N2. The molecule has 2 nitrogen and oxygen atoms in total. The number of hydrogen-bond acceptors (Lipinski definition) is 2. The first-order valence-corrected chi connectivity index (χ1v) is 7.07. The second-order valence-electron chi connectivity index (χ2n) is 5.73. The highest BCUT2D eigenvalue weighted by atomic mass is 35.5. The summed E-state index contributed by atoms with van der Waals surface area (Å²) in [5.41, 5.74) is 0.476. The molecule has 0 aliphatic carbocycles.